The van der Waals surface area contributed by atoms with Crippen LogP contribution in [-0.2, 0) is 0 Å². The van der Waals surface area contributed by atoms with Crippen LogP contribution in [0.5, 0.6) is 0 Å². The average molecular weight is 248 g/mol. The van der Waals surface area contributed by atoms with Crippen LogP contribution in [0, 0.1) is 0 Å². The monoisotopic (exact) mass is 248 g/mol. The molecule has 0 heterocycles. The maximum Gasteiger partial charge on any atom is 0.673 e. The molecule has 15 heavy (non-hydrogen) atoms. The van der Waals surface area contributed by atoms with Gasteiger partial charge in [-0.2, -0.15) is 0 Å². The third kappa shape index (κ3) is 12.1. The van der Waals surface area contributed by atoms with Crippen LogP contribution in [0.1, 0.15) is 34.1 Å². The Kier molecular flexibility index (Phi) is 9.83. The molecule has 0 aromatic heterocycles. The van der Waals surface area contributed by atoms with Gasteiger partial charge in [-0.05, 0) is 27.2 Å². The lowest BCUT2D eigenvalue weighted by Gasteiger charge is -2.22. The molecule has 0 aromatic rings. The van der Waals surface area contributed by atoms with E-state index >= 15 is 0 Å². The highest BCUT2D eigenvalue weighted by atomic mass is 31.2. The Morgan fingerprint density at radius 2 is 1.07 bits per heavy atom. The zero-order chi connectivity index (χ0) is 12.5. The molecule has 94 valence electrons. The van der Waals surface area contributed by atoms with Gasteiger partial charge in [0, 0.05) is 7.26 Å². The van der Waals surface area contributed by atoms with Crippen LogP contribution < -0.4 is 0 Å². The van der Waals surface area contributed by atoms with Crippen LogP contribution in [0.3, 0.4) is 0 Å². The van der Waals surface area contributed by atoms with Gasteiger partial charge in [-0.3, -0.25) is 0 Å². The van der Waals surface area contributed by atoms with Crippen molar-refractivity contribution in [3.05, 3.63) is 0 Å². The summed E-state index contributed by atoms with van der Waals surface area (Å²) in [5.74, 6) is 0. The van der Waals surface area contributed by atoms with E-state index in [0.29, 0.717) is 0 Å². The molecule has 0 saturated heterocycles. The van der Waals surface area contributed by atoms with Crippen molar-refractivity contribution in [2.75, 3.05) is 24.6 Å². The topological polar surface area (TPSA) is 0 Å². The van der Waals surface area contributed by atoms with E-state index in [1.165, 1.54) is 31.1 Å². The lowest BCUT2D eigenvalue weighted by atomic mass is 10.3. The second-order valence-corrected chi connectivity index (χ2v) is 8.54. The van der Waals surface area contributed by atoms with Crippen LogP contribution in [0.2, 0.25) is 0 Å². The summed E-state index contributed by atoms with van der Waals surface area (Å²) in [5, 5.41) is 0. The molecule has 0 radical (unpaired) electrons. The summed E-state index contributed by atoms with van der Waals surface area (Å²) in [6, 6.07) is 0. The van der Waals surface area contributed by atoms with Crippen molar-refractivity contribution in [2.45, 2.75) is 34.1 Å². The molecular formula is C9H22BF4P. The Morgan fingerprint density at radius 3 is 1.13 bits per heavy atom. The highest BCUT2D eigenvalue weighted by Gasteiger charge is 2.29. The summed E-state index contributed by atoms with van der Waals surface area (Å²) in [5.41, 5.74) is 0. The smallest absolute Gasteiger partial charge is 0.418 e. The molecule has 0 rings (SSSR count). The minimum absolute atomic E-state index is 0.439. The van der Waals surface area contributed by atoms with E-state index < -0.39 is 14.5 Å². The van der Waals surface area contributed by atoms with Crippen molar-refractivity contribution in [3.63, 3.8) is 0 Å². The molecule has 0 aliphatic heterocycles. The molecule has 0 saturated carbocycles. The Morgan fingerprint density at radius 1 is 0.800 bits per heavy atom. The van der Waals surface area contributed by atoms with Gasteiger partial charge >= 0.3 is 7.25 Å². The van der Waals surface area contributed by atoms with Crippen molar-refractivity contribution < 1.29 is 17.3 Å². The van der Waals surface area contributed by atoms with Crippen molar-refractivity contribution >= 4 is 14.5 Å². The first kappa shape index (κ1) is 17.6. The van der Waals surface area contributed by atoms with Crippen molar-refractivity contribution in [1.29, 1.82) is 0 Å². The van der Waals surface area contributed by atoms with Gasteiger partial charge in [0.05, 0.1) is 24.6 Å². The molecule has 0 aromatic carbocycles. The highest BCUT2D eigenvalue weighted by Crippen LogP contribution is 2.57. The van der Waals surface area contributed by atoms with E-state index in [4.69, 9.17) is 0 Å². The van der Waals surface area contributed by atoms with Crippen LogP contribution >= 0.6 is 7.26 Å². The first-order valence-corrected chi connectivity index (χ1v) is 8.00. The lowest BCUT2D eigenvalue weighted by molar-refractivity contribution is 0.368. The number of halogens is 4. The van der Waals surface area contributed by atoms with Gasteiger partial charge in [-0.25, -0.2) is 0 Å². The summed E-state index contributed by atoms with van der Waals surface area (Å²) in [6.45, 7) is 9.43. The predicted octanol–water partition coefficient (Wildman–Crippen LogP) is 4.77. The van der Waals surface area contributed by atoms with Gasteiger partial charge in [0.25, 0.3) is 0 Å². The Labute approximate surface area is 91.3 Å². The average Bonchev–Trinajstić information content (AvgIpc) is 2.12. The summed E-state index contributed by atoms with van der Waals surface area (Å²) in [7, 11) is -6.44. The third-order valence-corrected chi connectivity index (χ3v) is 8.13. The molecule has 0 bridgehead atoms. The highest BCUT2D eigenvalue weighted by molar-refractivity contribution is 7.75. The minimum atomic E-state index is -6.00. The van der Waals surface area contributed by atoms with E-state index in [9.17, 15) is 17.3 Å². The molecule has 0 spiro atoms. The maximum atomic E-state index is 9.75. The van der Waals surface area contributed by atoms with Crippen molar-refractivity contribution in [1.82, 2.24) is 0 Å². The van der Waals surface area contributed by atoms with Crippen LogP contribution in [0.25, 0.3) is 0 Å². The zero-order valence-electron chi connectivity index (χ0n) is 10.1. The number of hydrogen-bond acceptors (Lipinski definition) is 0. The Bertz CT molecular complexity index is 131. The SMILES string of the molecule is CCC[P+](CC)(CC)CC.F[B-](F)(F)F. The molecule has 0 nitrogen and oxygen atoms in total. The minimum Gasteiger partial charge on any atom is -0.418 e. The normalized spacial score (nSPS) is 12.0. The first-order valence-electron chi connectivity index (χ1n) is 5.47. The summed E-state index contributed by atoms with van der Waals surface area (Å²) >= 11 is 0. The van der Waals surface area contributed by atoms with Gasteiger partial charge < -0.3 is 17.3 Å². The Balaban J connectivity index is 0. The first-order chi connectivity index (χ1) is 6.74. The second-order valence-electron chi connectivity index (χ2n) is 3.51. The van der Waals surface area contributed by atoms with E-state index in [1.807, 2.05) is 0 Å². The molecule has 6 heteroatoms. The molecule has 0 N–H and O–H groups in total. The Hall–Kier alpha value is 0.215. The van der Waals surface area contributed by atoms with E-state index in [0.717, 1.165) is 0 Å². The van der Waals surface area contributed by atoms with Gasteiger partial charge in [0.15, 0.2) is 0 Å². The molecule has 0 aliphatic carbocycles. The summed E-state index contributed by atoms with van der Waals surface area (Å²) in [4.78, 5) is 0. The fraction of sp³-hybridized carbons (Fsp3) is 1.00. The number of rotatable bonds is 5. The van der Waals surface area contributed by atoms with Crippen LogP contribution in [-0.4, -0.2) is 31.9 Å². The standard InChI is InChI=1S/C9H22P.BF4/c1-5-9-10(6-2,7-3)8-4;2-1(3,4)5/h5-9H2,1-4H3;/q+1;-1. The summed E-state index contributed by atoms with van der Waals surface area (Å²) in [6.07, 6.45) is 7.31. The molecular weight excluding hydrogens is 226 g/mol. The number of hydrogen-bond donors (Lipinski definition) is 0. The van der Waals surface area contributed by atoms with Gasteiger partial charge in [0.2, 0.25) is 0 Å². The summed E-state index contributed by atoms with van der Waals surface area (Å²) < 4.78 is 39.0. The quantitative estimate of drug-likeness (QED) is 0.373. The fourth-order valence-electron chi connectivity index (χ4n) is 1.62. The van der Waals surface area contributed by atoms with E-state index in [-0.39, 0.29) is 0 Å². The molecule has 0 aliphatic rings. The predicted molar refractivity (Wildman–Crippen MR) is 63.9 cm³/mol. The van der Waals surface area contributed by atoms with E-state index in [2.05, 4.69) is 27.7 Å². The molecule has 0 unspecified atom stereocenters. The van der Waals surface area contributed by atoms with Gasteiger partial charge in [-0.15, -0.1) is 0 Å². The van der Waals surface area contributed by atoms with Crippen molar-refractivity contribution in [2.24, 2.45) is 0 Å². The fourth-order valence-corrected chi connectivity index (χ4v) is 4.86. The van der Waals surface area contributed by atoms with Gasteiger partial charge in [-0.1, -0.05) is 6.92 Å². The molecule has 0 amide bonds. The molecule has 0 fully saturated rings. The lowest BCUT2D eigenvalue weighted by Crippen LogP contribution is -2.06. The zero-order valence-corrected chi connectivity index (χ0v) is 11.0. The maximum absolute atomic E-state index is 9.75. The van der Waals surface area contributed by atoms with Gasteiger partial charge in [0.1, 0.15) is 0 Å². The molecule has 0 atom stereocenters. The van der Waals surface area contributed by atoms with Crippen LogP contribution in [0.15, 0.2) is 0 Å². The second kappa shape index (κ2) is 8.38. The van der Waals surface area contributed by atoms with Crippen LogP contribution in [0.4, 0.5) is 17.3 Å². The largest absolute Gasteiger partial charge is 0.673 e. The van der Waals surface area contributed by atoms with Crippen molar-refractivity contribution in [3.8, 4) is 0 Å². The third-order valence-electron chi connectivity index (χ3n) is 2.71. The van der Waals surface area contributed by atoms with E-state index in [1.54, 1.807) is 0 Å².